The van der Waals surface area contributed by atoms with Gasteiger partial charge >= 0.3 is 5.97 Å². The molecule has 5 rings (SSSR count). The number of rotatable bonds is 9. The first-order valence-electron chi connectivity index (χ1n) is 15.9. The van der Waals surface area contributed by atoms with Gasteiger partial charge in [0.05, 0.1) is 12.2 Å². The summed E-state index contributed by atoms with van der Waals surface area (Å²) in [6.07, 6.45) is 6.48. The van der Waals surface area contributed by atoms with E-state index in [1.54, 1.807) is 13.0 Å². The van der Waals surface area contributed by atoms with E-state index in [9.17, 15) is 22.4 Å². The molecule has 45 heavy (non-hydrogen) atoms. The fourth-order valence-electron chi connectivity index (χ4n) is 7.10. The first kappa shape index (κ1) is 32.9. The highest BCUT2D eigenvalue weighted by molar-refractivity contribution is 5.90. The van der Waals surface area contributed by atoms with Crippen molar-refractivity contribution in [3.63, 3.8) is 0 Å². The molecule has 0 saturated heterocycles. The lowest BCUT2D eigenvalue weighted by Gasteiger charge is -2.37. The topological polar surface area (TPSA) is 35.5 Å². The zero-order valence-electron chi connectivity index (χ0n) is 25.5. The van der Waals surface area contributed by atoms with E-state index in [1.807, 2.05) is 6.92 Å². The summed E-state index contributed by atoms with van der Waals surface area (Å²) in [5.74, 6) is -7.36. The second-order valence-corrected chi connectivity index (χ2v) is 12.2. The number of carbonyl (C=O) groups excluding carboxylic acids is 1. The van der Waals surface area contributed by atoms with Crippen molar-refractivity contribution < 1.29 is 40.6 Å². The predicted octanol–water partition coefficient (Wildman–Crippen LogP) is 10.2. The van der Waals surface area contributed by atoms with Gasteiger partial charge in [0.15, 0.2) is 34.8 Å². The molecule has 9 heteroatoms. The molecule has 0 bridgehead atoms. The highest BCUT2D eigenvalue weighted by Gasteiger charge is 2.34. The molecule has 0 aromatic heterocycles. The van der Waals surface area contributed by atoms with Crippen LogP contribution >= 0.6 is 0 Å². The number of halogens is 6. The minimum atomic E-state index is -1.47. The minimum absolute atomic E-state index is 0.0543. The zero-order chi connectivity index (χ0) is 32.2. The zero-order valence-corrected chi connectivity index (χ0v) is 25.5. The Balaban J connectivity index is 1.15. The van der Waals surface area contributed by atoms with Gasteiger partial charge in [0.25, 0.3) is 0 Å². The average molecular weight is 633 g/mol. The van der Waals surface area contributed by atoms with Gasteiger partial charge in [-0.3, -0.25) is 0 Å². The normalized spacial score (nSPS) is 21.9. The van der Waals surface area contributed by atoms with E-state index >= 15 is 8.78 Å². The third-order valence-electron chi connectivity index (χ3n) is 9.52. The van der Waals surface area contributed by atoms with Crippen LogP contribution in [0, 0.1) is 46.7 Å². The van der Waals surface area contributed by atoms with Crippen molar-refractivity contribution in [1.29, 1.82) is 0 Å². The minimum Gasteiger partial charge on any atom is -0.491 e. The van der Waals surface area contributed by atoms with E-state index in [4.69, 9.17) is 9.47 Å². The molecule has 0 aliphatic heterocycles. The van der Waals surface area contributed by atoms with Crippen molar-refractivity contribution in [3.8, 4) is 16.9 Å². The van der Waals surface area contributed by atoms with Crippen LogP contribution in [0.3, 0.4) is 0 Å². The Morgan fingerprint density at radius 1 is 0.667 bits per heavy atom. The van der Waals surface area contributed by atoms with E-state index in [2.05, 4.69) is 0 Å². The summed E-state index contributed by atoms with van der Waals surface area (Å²) in [5.41, 5.74) is -0.956. The Kier molecular flexibility index (Phi) is 10.4. The van der Waals surface area contributed by atoms with Crippen LogP contribution in [0.25, 0.3) is 11.1 Å². The maximum Gasteiger partial charge on any atom is 0.341 e. The quantitative estimate of drug-likeness (QED) is 0.174. The molecule has 0 heterocycles. The lowest BCUT2D eigenvalue weighted by atomic mass is 9.69. The van der Waals surface area contributed by atoms with Crippen LogP contribution in [-0.2, 0) is 11.2 Å². The van der Waals surface area contributed by atoms with Crippen molar-refractivity contribution in [2.24, 2.45) is 11.8 Å². The van der Waals surface area contributed by atoms with Crippen LogP contribution < -0.4 is 4.74 Å². The van der Waals surface area contributed by atoms with Crippen molar-refractivity contribution in [3.05, 3.63) is 88.0 Å². The third-order valence-corrected chi connectivity index (χ3v) is 9.52. The van der Waals surface area contributed by atoms with Gasteiger partial charge in [-0.2, -0.15) is 4.39 Å². The van der Waals surface area contributed by atoms with Gasteiger partial charge in [0.2, 0.25) is 5.82 Å². The standard InChI is InChI=1S/C36H38F6O3/c1-3-5-23-12-15-26(32(39)30(23)37)27-16-17-28(34(41)33(27)40)36(43)45-24-13-10-21(11-14-24)20-6-8-22(9-7-20)25-18-19-29(44-4-2)35(42)31(25)38/h12,15-22,24H,3-11,13-14H2,1-2H3. The Morgan fingerprint density at radius 2 is 1.27 bits per heavy atom. The number of carbonyl (C=O) groups is 1. The van der Waals surface area contributed by atoms with E-state index in [0.717, 1.165) is 50.7 Å². The average Bonchev–Trinajstić information content (AvgIpc) is 3.04. The maximum absolute atomic E-state index is 15.0. The second-order valence-electron chi connectivity index (χ2n) is 12.2. The van der Waals surface area contributed by atoms with E-state index in [-0.39, 0.29) is 23.8 Å². The molecule has 3 aromatic rings. The summed E-state index contributed by atoms with van der Waals surface area (Å²) >= 11 is 0. The van der Waals surface area contributed by atoms with Crippen molar-refractivity contribution in [1.82, 2.24) is 0 Å². The highest BCUT2D eigenvalue weighted by atomic mass is 19.2. The number of hydrogen-bond acceptors (Lipinski definition) is 3. The first-order valence-corrected chi connectivity index (χ1v) is 15.9. The molecule has 2 saturated carbocycles. The summed E-state index contributed by atoms with van der Waals surface area (Å²) in [7, 11) is 0. The van der Waals surface area contributed by atoms with E-state index in [0.29, 0.717) is 43.1 Å². The fourth-order valence-corrected chi connectivity index (χ4v) is 7.10. The number of ether oxygens (including phenoxy) is 2. The van der Waals surface area contributed by atoms with Crippen molar-refractivity contribution in [2.75, 3.05) is 6.61 Å². The molecule has 0 unspecified atom stereocenters. The lowest BCUT2D eigenvalue weighted by molar-refractivity contribution is 0.0109. The van der Waals surface area contributed by atoms with E-state index < -0.39 is 63.7 Å². The third kappa shape index (κ3) is 6.87. The van der Waals surface area contributed by atoms with Crippen LogP contribution in [0.5, 0.6) is 5.75 Å². The Hall–Kier alpha value is -3.49. The number of esters is 1. The van der Waals surface area contributed by atoms with Crippen LogP contribution in [0.2, 0.25) is 0 Å². The Labute approximate surface area is 259 Å². The molecule has 242 valence electrons. The van der Waals surface area contributed by atoms with Crippen LogP contribution in [0.1, 0.15) is 99.0 Å². The largest absolute Gasteiger partial charge is 0.491 e. The molecule has 2 aliphatic rings. The number of benzene rings is 3. The van der Waals surface area contributed by atoms with Gasteiger partial charge in [-0.15, -0.1) is 0 Å². The van der Waals surface area contributed by atoms with Gasteiger partial charge in [0.1, 0.15) is 6.10 Å². The van der Waals surface area contributed by atoms with E-state index in [1.165, 1.54) is 18.2 Å². The molecule has 0 radical (unpaired) electrons. The molecule has 3 nitrogen and oxygen atoms in total. The monoisotopic (exact) mass is 632 g/mol. The maximum atomic E-state index is 15.0. The van der Waals surface area contributed by atoms with Crippen LogP contribution in [0.15, 0.2) is 36.4 Å². The number of hydrogen-bond donors (Lipinski definition) is 0. The van der Waals surface area contributed by atoms with Gasteiger partial charge in [-0.05, 0) is 106 Å². The second kappa shape index (κ2) is 14.3. The van der Waals surface area contributed by atoms with Gasteiger partial charge in [-0.1, -0.05) is 37.6 Å². The summed E-state index contributed by atoms with van der Waals surface area (Å²) in [6.45, 7) is 3.79. The lowest BCUT2D eigenvalue weighted by Crippen LogP contribution is -2.30. The molecule has 0 atom stereocenters. The molecular weight excluding hydrogens is 594 g/mol. The molecule has 2 aliphatic carbocycles. The number of aryl methyl sites for hydroxylation is 1. The summed E-state index contributed by atoms with van der Waals surface area (Å²) in [5, 5.41) is 0. The molecule has 0 N–H and O–H groups in total. The SMILES string of the molecule is CCCc1ccc(-c2ccc(C(=O)OC3CCC(C4CCC(c5ccc(OCC)c(F)c5F)CC4)CC3)c(F)c2F)c(F)c1F. The summed E-state index contributed by atoms with van der Waals surface area (Å²) in [4.78, 5) is 12.8. The predicted molar refractivity (Wildman–Crippen MR) is 159 cm³/mol. The van der Waals surface area contributed by atoms with Gasteiger partial charge in [-0.25, -0.2) is 26.7 Å². The molecule has 0 spiro atoms. The smallest absolute Gasteiger partial charge is 0.341 e. The summed E-state index contributed by atoms with van der Waals surface area (Å²) in [6, 6.07) is 7.78. The fraction of sp³-hybridized carbons (Fsp3) is 0.472. The Morgan fingerprint density at radius 3 is 1.89 bits per heavy atom. The van der Waals surface area contributed by atoms with Gasteiger partial charge < -0.3 is 9.47 Å². The molecule has 3 aromatic carbocycles. The molecular formula is C36H38F6O3. The summed E-state index contributed by atoms with van der Waals surface area (Å²) < 4.78 is 99.0. The van der Waals surface area contributed by atoms with Gasteiger partial charge in [0, 0.05) is 11.1 Å². The molecule has 0 amide bonds. The highest BCUT2D eigenvalue weighted by Crippen LogP contribution is 2.44. The van der Waals surface area contributed by atoms with Crippen LogP contribution in [0.4, 0.5) is 26.3 Å². The first-order chi connectivity index (χ1) is 21.6. The van der Waals surface area contributed by atoms with Crippen LogP contribution in [-0.4, -0.2) is 18.7 Å². The van der Waals surface area contributed by atoms with Crippen molar-refractivity contribution in [2.45, 2.75) is 90.1 Å². The Bertz CT molecular complexity index is 1520. The molecule has 2 fully saturated rings. The van der Waals surface area contributed by atoms with Crippen molar-refractivity contribution >= 4 is 5.97 Å².